The summed E-state index contributed by atoms with van der Waals surface area (Å²) >= 11 is 0. The molecule has 122 valence electrons. The van der Waals surface area contributed by atoms with Crippen molar-refractivity contribution in [2.45, 2.75) is 13.0 Å². The third-order valence-corrected chi connectivity index (χ3v) is 5.72. The lowest BCUT2D eigenvalue weighted by Crippen LogP contribution is -2.35. The van der Waals surface area contributed by atoms with Gasteiger partial charge in [-0.3, -0.25) is 0 Å². The first-order valence-corrected chi connectivity index (χ1v) is 9.64. The molecule has 0 aliphatic carbocycles. The smallest absolute Gasteiger partial charge is 0.211 e. The topological polar surface area (TPSA) is 63.2 Å². The highest BCUT2D eigenvalue weighted by atomic mass is 32.2. The van der Waals surface area contributed by atoms with Gasteiger partial charge in [0.25, 0.3) is 0 Å². The van der Waals surface area contributed by atoms with E-state index in [1.807, 2.05) is 24.3 Å². The number of hydrogen-bond donors (Lipinski definition) is 0. The standard InChI is InChI=1S/C18H17N3O2S/c1-24(22,23)21-9-8-13-6-7-14(10-15(13)11-21)18-16-4-2-3-5-17(16)19-12-20-18/h2-7,10,12H,8-9,11H2,1H3. The summed E-state index contributed by atoms with van der Waals surface area (Å²) in [6.45, 7) is 0.965. The van der Waals surface area contributed by atoms with Crippen molar-refractivity contribution in [2.75, 3.05) is 12.8 Å². The molecule has 1 aromatic heterocycles. The van der Waals surface area contributed by atoms with Crippen molar-refractivity contribution in [1.82, 2.24) is 14.3 Å². The summed E-state index contributed by atoms with van der Waals surface area (Å²) in [6.07, 6.45) is 3.58. The second-order valence-electron chi connectivity index (χ2n) is 6.07. The summed E-state index contributed by atoms with van der Waals surface area (Å²) in [5.41, 5.74) is 5.02. The summed E-state index contributed by atoms with van der Waals surface area (Å²) in [4.78, 5) is 8.75. The third-order valence-electron chi connectivity index (χ3n) is 4.47. The molecule has 0 saturated heterocycles. The van der Waals surface area contributed by atoms with Gasteiger partial charge in [-0.25, -0.2) is 18.4 Å². The molecule has 0 amide bonds. The molecule has 2 aromatic carbocycles. The van der Waals surface area contributed by atoms with Crippen LogP contribution in [0.1, 0.15) is 11.1 Å². The van der Waals surface area contributed by atoms with E-state index in [2.05, 4.69) is 28.2 Å². The fourth-order valence-corrected chi connectivity index (χ4v) is 3.99. The molecule has 2 heterocycles. The van der Waals surface area contributed by atoms with Crippen molar-refractivity contribution in [1.29, 1.82) is 0 Å². The van der Waals surface area contributed by atoms with Crippen LogP contribution in [0.5, 0.6) is 0 Å². The van der Waals surface area contributed by atoms with Crippen LogP contribution >= 0.6 is 0 Å². The molecule has 5 nitrogen and oxygen atoms in total. The van der Waals surface area contributed by atoms with E-state index >= 15 is 0 Å². The van der Waals surface area contributed by atoms with E-state index in [4.69, 9.17) is 0 Å². The van der Waals surface area contributed by atoms with Crippen molar-refractivity contribution < 1.29 is 8.42 Å². The van der Waals surface area contributed by atoms with Gasteiger partial charge in [-0.05, 0) is 29.7 Å². The average molecular weight is 339 g/mol. The zero-order valence-corrected chi connectivity index (χ0v) is 14.1. The number of sulfonamides is 1. The molecule has 0 spiro atoms. The first-order valence-electron chi connectivity index (χ1n) is 7.79. The van der Waals surface area contributed by atoms with E-state index in [-0.39, 0.29) is 0 Å². The minimum absolute atomic E-state index is 0.422. The maximum absolute atomic E-state index is 11.8. The van der Waals surface area contributed by atoms with Crippen LogP contribution in [0.2, 0.25) is 0 Å². The van der Waals surface area contributed by atoms with Crippen LogP contribution in [0, 0.1) is 0 Å². The quantitative estimate of drug-likeness (QED) is 0.720. The van der Waals surface area contributed by atoms with E-state index in [0.29, 0.717) is 13.1 Å². The maximum atomic E-state index is 11.8. The normalized spacial score (nSPS) is 15.4. The van der Waals surface area contributed by atoms with Crippen molar-refractivity contribution in [3.63, 3.8) is 0 Å². The molecule has 0 saturated carbocycles. The highest BCUT2D eigenvalue weighted by molar-refractivity contribution is 7.88. The van der Waals surface area contributed by atoms with Gasteiger partial charge in [0.15, 0.2) is 0 Å². The van der Waals surface area contributed by atoms with Crippen LogP contribution in [0.25, 0.3) is 22.2 Å². The van der Waals surface area contributed by atoms with E-state index in [1.165, 1.54) is 16.1 Å². The van der Waals surface area contributed by atoms with Crippen LogP contribution in [0.3, 0.4) is 0 Å². The number of nitrogens with zero attached hydrogens (tertiary/aromatic N) is 3. The number of fused-ring (bicyclic) bond motifs is 2. The van der Waals surface area contributed by atoms with E-state index in [0.717, 1.165) is 34.1 Å². The zero-order valence-electron chi connectivity index (χ0n) is 13.3. The summed E-state index contributed by atoms with van der Waals surface area (Å²) in [6, 6.07) is 14.1. The van der Waals surface area contributed by atoms with Gasteiger partial charge in [0.2, 0.25) is 10.0 Å². The van der Waals surface area contributed by atoms with Gasteiger partial charge in [0.1, 0.15) is 6.33 Å². The predicted molar refractivity (Wildman–Crippen MR) is 93.9 cm³/mol. The Morgan fingerprint density at radius 1 is 1.04 bits per heavy atom. The Morgan fingerprint density at radius 3 is 2.71 bits per heavy atom. The Kier molecular flexibility index (Phi) is 3.58. The Bertz CT molecular complexity index is 1030. The number of hydrogen-bond acceptors (Lipinski definition) is 4. The lowest BCUT2D eigenvalue weighted by molar-refractivity contribution is 0.395. The number of para-hydroxylation sites is 1. The first-order chi connectivity index (χ1) is 11.5. The molecule has 0 fully saturated rings. The second kappa shape index (κ2) is 5.65. The van der Waals surface area contributed by atoms with Crippen LogP contribution in [-0.4, -0.2) is 35.5 Å². The van der Waals surface area contributed by atoms with E-state index in [9.17, 15) is 8.42 Å². The van der Waals surface area contributed by atoms with Gasteiger partial charge in [-0.1, -0.05) is 30.3 Å². The lowest BCUT2D eigenvalue weighted by atomic mass is 9.96. The molecular weight excluding hydrogens is 322 g/mol. The van der Waals surface area contributed by atoms with Gasteiger partial charge in [-0.2, -0.15) is 4.31 Å². The molecule has 4 rings (SSSR count). The second-order valence-corrected chi connectivity index (χ2v) is 8.05. The number of benzene rings is 2. The Balaban J connectivity index is 1.81. The van der Waals surface area contributed by atoms with Gasteiger partial charge in [0, 0.05) is 24.0 Å². The fraction of sp³-hybridized carbons (Fsp3) is 0.222. The maximum Gasteiger partial charge on any atom is 0.211 e. The SMILES string of the molecule is CS(=O)(=O)N1CCc2ccc(-c3ncnc4ccccc34)cc2C1. The Hall–Kier alpha value is -2.31. The van der Waals surface area contributed by atoms with Crippen molar-refractivity contribution >= 4 is 20.9 Å². The van der Waals surface area contributed by atoms with Crippen LogP contribution in [-0.2, 0) is 23.0 Å². The molecule has 0 radical (unpaired) electrons. The summed E-state index contributed by atoms with van der Waals surface area (Å²) < 4.78 is 25.2. The van der Waals surface area contributed by atoms with Gasteiger partial charge < -0.3 is 0 Å². The van der Waals surface area contributed by atoms with Crippen molar-refractivity contribution in [3.8, 4) is 11.3 Å². The lowest BCUT2D eigenvalue weighted by Gasteiger charge is -2.27. The summed E-state index contributed by atoms with van der Waals surface area (Å²) in [7, 11) is -3.17. The van der Waals surface area contributed by atoms with Crippen LogP contribution < -0.4 is 0 Å². The largest absolute Gasteiger partial charge is 0.236 e. The van der Waals surface area contributed by atoms with E-state index < -0.39 is 10.0 Å². The van der Waals surface area contributed by atoms with Crippen LogP contribution in [0.15, 0.2) is 48.8 Å². The number of rotatable bonds is 2. The van der Waals surface area contributed by atoms with Crippen LogP contribution in [0.4, 0.5) is 0 Å². The summed E-state index contributed by atoms with van der Waals surface area (Å²) in [5.74, 6) is 0. The monoisotopic (exact) mass is 339 g/mol. The average Bonchev–Trinajstić information content (AvgIpc) is 2.59. The highest BCUT2D eigenvalue weighted by Crippen LogP contribution is 2.29. The summed E-state index contributed by atoms with van der Waals surface area (Å²) in [5, 5.41) is 0.996. The third kappa shape index (κ3) is 2.68. The highest BCUT2D eigenvalue weighted by Gasteiger charge is 2.23. The molecule has 0 bridgehead atoms. The first kappa shape index (κ1) is 15.2. The van der Waals surface area contributed by atoms with Crippen molar-refractivity contribution in [3.05, 3.63) is 59.9 Å². The molecule has 0 N–H and O–H groups in total. The Labute approximate surface area is 141 Å². The zero-order chi connectivity index (χ0) is 16.7. The molecule has 1 aliphatic heterocycles. The molecule has 0 atom stereocenters. The minimum Gasteiger partial charge on any atom is -0.236 e. The molecule has 24 heavy (non-hydrogen) atoms. The molecule has 3 aromatic rings. The molecular formula is C18H17N3O2S. The molecule has 1 aliphatic rings. The van der Waals surface area contributed by atoms with Gasteiger partial charge in [0.05, 0.1) is 17.5 Å². The number of aromatic nitrogens is 2. The van der Waals surface area contributed by atoms with Crippen molar-refractivity contribution in [2.24, 2.45) is 0 Å². The molecule has 0 unspecified atom stereocenters. The Morgan fingerprint density at radius 2 is 1.88 bits per heavy atom. The molecule has 6 heteroatoms. The van der Waals surface area contributed by atoms with E-state index in [1.54, 1.807) is 6.33 Å². The fourth-order valence-electron chi connectivity index (χ4n) is 3.20. The van der Waals surface area contributed by atoms with Gasteiger partial charge in [-0.15, -0.1) is 0 Å². The minimum atomic E-state index is -3.17. The predicted octanol–water partition coefficient (Wildman–Crippen LogP) is 2.61. The van der Waals surface area contributed by atoms with Gasteiger partial charge >= 0.3 is 0 Å².